The molecule has 0 aromatic heterocycles. The number of nitrogens with one attached hydrogen (secondary N) is 2. The molecule has 0 radical (unpaired) electrons. The van der Waals surface area contributed by atoms with Gasteiger partial charge in [0.05, 0.1) is 17.9 Å². The Kier molecular flexibility index (Phi) is 4.66. The molecule has 0 amide bonds. The van der Waals surface area contributed by atoms with Crippen LogP contribution in [0.5, 0.6) is 0 Å². The second kappa shape index (κ2) is 6.88. The predicted molar refractivity (Wildman–Crippen MR) is 96.2 cm³/mol. The third kappa shape index (κ3) is 3.19. The van der Waals surface area contributed by atoms with Crippen LogP contribution in [0.2, 0.25) is 0 Å². The summed E-state index contributed by atoms with van der Waals surface area (Å²) in [5.74, 6) is 0.611. The lowest BCUT2D eigenvalue weighted by molar-refractivity contribution is 0.611. The smallest absolute Gasteiger partial charge is 0.206 e. The summed E-state index contributed by atoms with van der Waals surface area (Å²) in [7, 11) is 0. The van der Waals surface area contributed by atoms with Crippen LogP contribution in [0.25, 0.3) is 22.6 Å². The first kappa shape index (κ1) is 16.3. The van der Waals surface area contributed by atoms with Crippen LogP contribution >= 0.6 is 0 Å². The van der Waals surface area contributed by atoms with Crippen molar-refractivity contribution in [3.8, 4) is 11.5 Å². The molecule has 0 saturated carbocycles. The number of aryl methyl sites for hydroxylation is 1. The summed E-state index contributed by atoms with van der Waals surface area (Å²) >= 11 is 0. The van der Waals surface area contributed by atoms with Crippen molar-refractivity contribution in [3.05, 3.63) is 45.4 Å². The minimum absolute atomic E-state index is 0.0949. The second-order valence-electron chi connectivity index (χ2n) is 5.82. The van der Waals surface area contributed by atoms with Gasteiger partial charge in [-0.15, -0.1) is 0 Å². The number of rotatable bonds is 5. The van der Waals surface area contributed by atoms with Crippen LogP contribution in [0.4, 0.5) is 5.69 Å². The van der Waals surface area contributed by atoms with Crippen molar-refractivity contribution < 1.29 is 4.42 Å². The number of hydrogen-bond donors (Lipinski definition) is 3. The number of anilines is 1. The van der Waals surface area contributed by atoms with Gasteiger partial charge in [-0.25, -0.2) is 0 Å². The van der Waals surface area contributed by atoms with Crippen LogP contribution in [0, 0.1) is 6.92 Å². The van der Waals surface area contributed by atoms with E-state index in [1.807, 2.05) is 19.1 Å². The highest BCUT2D eigenvalue weighted by atomic mass is 16.3. The minimum Gasteiger partial charge on any atom is -0.453 e. The van der Waals surface area contributed by atoms with Crippen molar-refractivity contribution in [2.75, 3.05) is 18.5 Å². The quantitative estimate of drug-likeness (QED) is 0.381. The van der Waals surface area contributed by atoms with Crippen molar-refractivity contribution in [1.82, 2.24) is 4.98 Å². The Morgan fingerprint density at radius 2 is 2.12 bits per heavy atom. The van der Waals surface area contributed by atoms with Crippen LogP contribution < -0.4 is 21.8 Å². The van der Waals surface area contributed by atoms with Crippen LogP contribution in [0.1, 0.15) is 25.3 Å². The number of hydrogen-bond acceptors (Lipinski definition) is 5. The van der Waals surface area contributed by atoms with E-state index in [1.54, 1.807) is 12.1 Å². The largest absolute Gasteiger partial charge is 0.453 e. The maximum absolute atomic E-state index is 12.2. The molecule has 1 aliphatic carbocycles. The molecule has 4 N–H and O–H groups in total. The maximum atomic E-state index is 12.2. The molecular formula is C18H22N4O2. The summed E-state index contributed by atoms with van der Waals surface area (Å²) in [6.45, 7) is 5.09. The van der Waals surface area contributed by atoms with Gasteiger partial charge in [0.25, 0.3) is 0 Å². The van der Waals surface area contributed by atoms with E-state index in [2.05, 4.69) is 22.2 Å². The Balaban J connectivity index is 2.17. The molecule has 126 valence electrons. The molecule has 3 rings (SSSR count). The monoisotopic (exact) mass is 326 g/mol. The maximum Gasteiger partial charge on any atom is 0.206 e. The van der Waals surface area contributed by atoms with Crippen LogP contribution in [0.3, 0.4) is 0 Å². The summed E-state index contributed by atoms with van der Waals surface area (Å²) < 4.78 is 5.98. The second-order valence-corrected chi connectivity index (χ2v) is 5.82. The van der Waals surface area contributed by atoms with Gasteiger partial charge in [-0.05, 0) is 25.0 Å². The normalized spacial score (nSPS) is 12.2. The number of benzene rings is 2. The Morgan fingerprint density at radius 3 is 2.88 bits per heavy atom. The van der Waals surface area contributed by atoms with Gasteiger partial charge in [-0.3, -0.25) is 9.79 Å². The summed E-state index contributed by atoms with van der Waals surface area (Å²) in [4.78, 5) is 19.8. The molecule has 0 unspecified atom stereocenters. The predicted octanol–water partition coefficient (Wildman–Crippen LogP) is 2.56. The summed E-state index contributed by atoms with van der Waals surface area (Å²) in [6.07, 6.45) is 2.01. The third-order valence-electron chi connectivity index (χ3n) is 3.96. The van der Waals surface area contributed by atoms with Gasteiger partial charge in [-0.2, -0.15) is 0 Å². The van der Waals surface area contributed by atoms with Gasteiger partial charge in [0.2, 0.25) is 5.43 Å². The van der Waals surface area contributed by atoms with Gasteiger partial charge < -0.3 is 20.5 Å². The molecule has 6 heteroatoms. The van der Waals surface area contributed by atoms with Crippen molar-refractivity contribution in [2.24, 2.45) is 10.7 Å². The Bertz CT molecular complexity index is 955. The zero-order valence-corrected chi connectivity index (χ0v) is 14.0. The molecule has 1 aliphatic heterocycles. The van der Waals surface area contributed by atoms with Gasteiger partial charge in [0.15, 0.2) is 11.3 Å². The summed E-state index contributed by atoms with van der Waals surface area (Å²) in [5.41, 5.74) is 9.64. The fourth-order valence-electron chi connectivity index (χ4n) is 2.65. The van der Waals surface area contributed by atoms with Crippen molar-refractivity contribution >= 4 is 16.8 Å². The zero-order chi connectivity index (χ0) is 17.1. The molecule has 6 nitrogen and oxygen atoms in total. The molecule has 0 bridgehead atoms. The first-order valence-electron chi connectivity index (χ1n) is 8.18. The van der Waals surface area contributed by atoms with E-state index in [1.165, 1.54) is 0 Å². The topological polar surface area (TPSA) is 96.4 Å². The molecule has 0 fully saturated rings. The van der Waals surface area contributed by atoms with Crippen molar-refractivity contribution in [3.63, 3.8) is 0 Å². The highest BCUT2D eigenvalue weighted by Gasteiger charge is 2.11. The lowest BCUT2D eigenvalue weighted by atomic mass is 10.1. The lowest BCUT2D eigenvalue weighted by Crippen LogP contribution is -2.25. The first-order chi connectivity index (χ1) is 11.6. The van der Waals surface area contributed by atoms with E-state index in [4.69, 9.17) is 10.2 Å². The Labute approximate surface area is 139 Å². The van der Waals surface area contributed by atoms with Crippen molar-refractivity contribution in [1.29, 1.82) is 0 Å². The third-order valence-corrected chi connectivity index (χ3v) is 3.96. The number of fused-ring (bicyclic) bond motifs is 2. The van der Waals surface area contributed by atoms with E-state index < -0.39 is 0 Å². The molecule has 0 atom stereocenters. The van der Waals surface area contributed by atoms with E-state index >= 15 is 0 Å². The van der Waals surface area contributed by atoms with E-state index in [0.717, 1.165) is 29.6 Å². The van der Waals surface area contributed by atoms with Gasteiger partial charge in [-0.1, -0.05) is 13.3 Å². The molecule has 2 aliphatic rings. The van der Waals surface area contributed by atoms with Crippen LogP contribution in [-0.4, -0.2) is 18.2 Å². The molecule has 1 heterocycles. The van der Waals surface area contributed by atoms with Gasteiger partial charge >= 0.3 is 0 Å². The molecule has 24 heavy (non-hydrogen) atoms. The highest BCUT2D eigenvalue weighted by Crippen LogP contribution is 2.27. The van der Waals surface area contributed by atoms with Crippen LogP contribution in [0.15, 0.2) is 38.5 Å². The SMILES string of the molecule is CCCCN=c1cc2oc3cc(NCN)c(C)cc3[nH]c-2cc1=O. The van der Waals surface area contributed by atoms with Gasteiger partial charge in [0.1, 0.15) is 5.36 Å². The fraction of sp³-hybridized carbons (Fsp3) is 0.333. The molecule has 0 saturated heterocycles. The molecule has 0 spiro atoms. The molecule has 1 aromatic carbocycles. The Hall–Kier alpha value is -2.60. The van der Waals surface area contributed by atoms with E-state index in [9.17, 15) is 4.79 Å². The number of unbranched alkanes of at least 4 members (excludes halogenated alkanes) is 1. The van der Waals surface area contributed by atoms with Crippen LogP contribution in [-0.2, 0) is 0 Å². The van der Waals surface area contributed by atoms with Gasteiger partial charge in [0, 0.05) is 30.4 Å². The van der Waals surface area contributed by atoms with Crippen molar-refractivity contribution in [2.45, 2.75) is 26.7 Å². The lowest BCUT2D eigenvalue weighted by Gasteiger charge is -2.12. The van der Waals surface area contributed by atoms with E-state index in [-0.39, 0.29) is 5.43 Å². The molecular weight excluding hydrogens is 304 g/mol. The number of nitrogens with zero attached hydrogens (tertiary/aromatic N) is 1. The first-order valence-corrected chi connectivity index (χ1v) is 8.18. The number of H-pyrrole nitrogens is 1. The number of aromatic amines is 1. The molecule has 1 aromatic rings. The Morgan fingerprint density at radius 1 is 1.29 bits per heavy atom. The van der Waals surface area contributed by atoms with E-state index in [0.29, 0.717) is 35.6 Å². The summed E-state index contributed by atoms with van der Waals surface area (Å²) in [6, 6.07) is 7.14. The average Bonchev–Trinajstić information content (AvgIpc) is 2.55. The number of nitrogens with two attached hydrogens (primary N) is 1. The zero-order valence-electron chi connectivity index (χ0n) is 14.0. The summed E-state index contributed by atoms with van der Waals surface area (Å²) in [5, 5.41) is 3.55. The fourth-order valence-corrected chi connectivity index (χ4v) is 2.65. The average molecular weight is 326 g/mol. The highest BCUT2D eigenvalue weighted by molar-refractivity contribution is 5.81. The number of aromatic nitrogens is 1. The standard InChI is InChI=1S/C18H22N4O2/c1-3-4-5-20-13-9-18-15(7-16(13)23)22-14-6-11(2)12(21-10-19)8-17(14)24-18/h6-9,21-22H,3-5,10,19H2,1-2H3. The minimum atomic E-state index is -0.0949.